The molecule has 0 heterocycles. The quantitative estimate of drug-likeness (QED) is 0.628. The van der Waals surface area contributed by atoms with E-state index in [2.05, 4.69) is 5.32 Å². The number of nitriles is 1. The molecule has 0 saturated heterocycles. The molecule has 0 bridgehead atoms. The molecule has 26 heavy (non-hydrogen) atoms. The zero-order chi connectivity index (χ0) is 19.2. The van der Waals surface area contributed by atoms with Gasteiger partial charge in [-0.25, -0.2) is 0 Å². The summed E-state index contributed by atoms with van der Waals surface area (Å²) < 4.78 is 38.3. The number of nitrogens with zero attached hydrogens (tertiary/aromatic N) is 2. The minimum atomic E-state index is -4.51. The second-order valence-electron chi connectivity index (χ2n) is 5.31. The highest BCUT2D eigenvalue weighted by Crippen LogP contribution is 2.30. The molecule has 2 aromatic rings. The number of hydrogen-bond donors (Lipinski definition) is 1. The van der Waals surface area contributed by atoms with E-state index in [1.165, 1.54) is 18.3 Å². The first-order valence-corrected chi connectivity index (χ1v) is 7.77. The maximum Gasteiger partial charge on any atom is 0.416 e. The summed E-state index contributed by atoms with van der Waals surface area (Å²) in [5, 5.41) is 11.6. The molecule has 0 fully saturated rings. The van der Waals surface area contributed by atoms with Crippen LogP contribution in [-0.4, -0.2) is 12.5 Å². The van der Waals surface area contributed by atoms with E-state index in [0.29, 0.717) is 6.54 Å². The van der Waals surface area contributed by atoms with Crippen molar-refractivity contribution in [2.24, 2.45) is 0 Å². The van der Waals surface area contributed by atoms with Gasteiger partial charge >= 0.3 is 6.18 Å². The highest BCUT2D eigenvalue weighted by molar-refractivity contribution is 6.06. The Bertz CT molecular complexity index is 839. The van der Waals surface area contributed by atoms with Gasteiger partial charge in [0.25, 0.3) is 5.91 Å². The number of rotatable bonds is 5. The summed E-state index contributed by atoms with van der Waals surface area (Å²) in [6, 6.07) is 15.2. The predicted octanol–water partition coefficient (Wildman–Crippen LogP) is 4.58. The molecule has 0 aliphatic rings. The minimum absolute atomic E-state index is 0.0336. The van der Waals surface area contributed by atoms with Crippen LogP contribution >= 0.6 is 0 Å². The first kappa shape index (κ1) is 19.1. The number of para-hydroxylation sites is 1. The van der Waals surface area contributed by atoms with Gasteiger partial charge in [0, 0.05) is 24.1 Å². The van der Waals surface area contributed by atoms with Crippen molar-refractivity contribution in [2.45, 2.75) is 13.1 Å². The van der Waals surface area contributed by atoms with Crippen molar-refractivity contribution < 1.29 is 18.0 Å². The van der Waals surface area contributed by atoms with E-state index in [-0.39, 0.29) is 11.3 Å². The summed E-state index contributed by atoms with van der Waals surface area (Å²) in [6.07, 6.45) is -3.14. The number of halogens is 3. The van der Waals surface area contributed by atoms with Crippen LogP contribution in [0.2, 0.25) is 0 Å². The Morgan fingerprint density at radius 3 is 2.46 bits per heavy atom. The van der Waals surface area contributed by atoms with Crippen LogP contribution in [0.5, 0.6) is 0 Å². The molecule has 2 aromatic carbocycles. The molecule has 134 valence electrons. The Morgan fingerprint density at radius 1 is 1.19 bits per heavy atom. The van der Waals surface area contributed by atoms with Crippen molar-refractivity contribution in [3.05, 3.63) is 71.9 Å². The van der Waals surface area contributed by atoms with Crippen LogP contribution in [-0.2, 0) is 11.0 Å². The fourth-order valence-corrected chi connectivity index (χ4v) is 2.23. The van der Waals surface area contributed by atoms with Crippen LogP contribution in [0.1, 0.15) is 12.5 Å². The second-order valence-corrected chi connectivity index (χ2v) is 5.31. The molecule has 2 rings (SSSR count). The second kappa shape index (κ2) is 8.21. The summed E-state index contributed by atoms with van der Waals surface area (Å²) in [5.74, 6) is -0.777. The molecule has 0 radical (unpaired) electrons. The molecule has 0 spiro atoms. The van der Waals surface area contributed by atoms with Gasteiger partial charge in [-0.3, -0.25) is 4.79 Å². The molecule has 1 N–H and O–H groups in total. The monoisotopic (exact) mass is 359 g/mol. The number of anilines is 2. The lowest BCUT2D eigenvalue weighted by Crippen LogP contribution is -2.20. The highest BCUT2D eigenvalue weighted by Gasteiger charge is 2.30. The Morgan fingerprint density at radius 2 is 1.88 bits per heavy atom. The Kier molecular flexibility index (Phi) is 6.02. The molecule has 1 amide bonds. The van der Waals surface area contributed by atoms with E-state index < -0.39 is 17.6 Å². The van der Waals surface area contributed by atoms with Gasteiger partial charge in [-0.2, -0.15) is 18.4 Å². The van der Waals surface area contributed by atoms with Crippen LogP contribution in [0.15, 0.2) is 66.4 Å². The number of hydrogen-bond acceptors (Lipinski definition) is 3. The van der Waals surface area contributed by atoms with E-state index in [0.717, 1.165) is 17.8 Å². The van der Waals surface area contributed by atoms with Crippen LogP contribution in [0.3, 0.4) is 0 Å². The van der Waals surface area contributed by atoms with E-state index >= 15 is 0 Å². The van der Waals surface area contributed by atoms with Crippen molar-refractivity contribution in [1.29, 1.82) is 5.26 Å². The molecule has 0 atom stereocenters. The smallest absolute Gasteiger partial charge is 0.347 e. The van der Waals surface area contributed by atoms with E-state index in [1.54, 1.807) is 11.0 Å². The summed E-state index contributed by atoms with van der Waals surface area (Å²) in [4.78, 5) is 14.0. The molecular formula is C19H16F3N3O. The summed E-state index contributed by atoms with van der Waals surface area (Å²) in [6.45, 7) is 2.36. The highest BCUT2D eigenvalue weighted by atomic mass is 19.4. The van der Waals surface area contributed by atoms with Crippen molar-refractivity contribution in [3.8, 4) is 6.07 Å². The molecule has 0 aliphatic carbocycles. The van der Waals surface area contributed by atoms with E-state index in [1.807, 2.05) is 37.3 Å². The fraction of sp³-hybridized carbons (Fsp3) is 0.158. The van der Waals surface area contributed by atoms with Crippen LogP contribution in [0.25, 0.3) is 0 Å². The zero-order valence-corrected chi connectivity index (χ0v) is 13.9. The van der Waals surface area contributed by atoms with Crippen molar-refractivity contribution in [1.82, 2.24) is 0 Å². The lowest BCUT2D eigenvalue weighted by Gasteiger charge is -2.18. The maximum atomic E-state index is 12.8. The van der Waals surface area contributed by atoms with Gasteiger partial charge in [-0.1, -0.05) is 24.3 Å². The standard InChI is InChI=1S/C19H16F3N3O/c1-2-25(17-9-4-3-5-10-17)13-14(12-23)18(26)24-16-8-6-7-15(11-16)19(20,21)22/h3-11,13H,2H2,1H3,(H,24,26)/b14-13-. The third kappa shape index (κ3) is 4.86. The molecular weight excluding hydrogens is 343 g/mol. The molecule has 0 aromatic heterocycles. The first-order chi connectivity index (χ1) is 12.3. The largest absolute Gasteiger partial charge is 0.416 e. The van der Waals surface area contributed by atoms with Gasteiger partial charge in [0.05, 0.1) is 5.56 Å². The molecule has 0 saturated carbocycles. The van der Waals surface area contributed by atoms with Crippen molar-refractivity contribution >= 4 is 17.3 Å². The first-order valence-electron chi connectivity index (χ1n) is 7.77. The average Bonchev–Trinajstić information content (AvgIpc) is 2.63. The van der Waals surface area contributed by atoms with Gasteiger partial charge < -0.3 is 10.2 Å². The maximum absolute atomic E-state index is 12.8. The van der Waals surface area contributed by atoms with Gasteiger partial charge in [-0.15, -0.1) is 0 Å². The van der Waals surface area contributed by atoms with Gasteiger partial charge in [0.2, 0.25) is 0 Å². The predicted molar refractivity (Wildman–Crippen MR) is 93.2 cm³/mol. The topological polar surface area (TPSA) is 56.1 Å². The van der Waals surface area contributed by atoms with E-state index in [4.69, 9.17) is 0 Å². The molecule has 0 aliphatic heterocycles. The Labute approximate surface area is 149 Å². The Hall–Kier alpha value is -3.27. The number of amides is 1. The average molecular weight is 359 g/mol. The van der Waals surface area contributed by atoms with Crippen molar-refractivity contribution in [3.63, 3.8) is 0 Å². The third-order valence-electron chi connectivity index (χ3n) is 3.53. The third-order valence-corrected chi connectivity index (χ3v) is 3.53. The minimum Gasteiger partial charge on any atom is -0.347 e. The van der Waals surface area contributed by atoms with Gasteiger partial charge in [0.15, 0.2) is 0 Å². The van der Waals surface area contributed by atoms with Gasteiger partial charge in [0.1, 0.15) is 11.6 Å². The number of alkyl halides is 3. The van der Waals surface area contributed by atoms with Crippen LogP contribution in [0.4, 0.5) is 24.5 Å². The Balaban J connectivity index is 2.22. The van der Waals surface area contributed by atoms with Crippen LogP contribution < -0.4 is 10.2 Å². The molecule has 4 nitrogen and oxygen atoms in total. The number of nitrogens with one attached hydrogen (secondary N) is 1. The SMILES string of the molecule is CCN(/C=C(/C#N)C(=O)Nc1cccc(C(F)(F)F)c1)c1ccccc1. The normalized spacial score (nSPS) is 11.6. The number of benzene rings is 2. The number of carbonyl (C=O) groups is 1. The lowest BCUT2D eigenvalue weighted by molar-refractivity contribution is -0.137. The summed E-state index contributed by atoms with van der Waals surface area (Å²) in [7, 11) is 0. The van der Waals surface area contributed by atoms with Crippen molar-refractivity contribution in [2.75, 3.05) is 16.8 Å². The van der Waals surface area contributed by atoms with E-state index in [9.17, 15) is 23.2 Å². The summed E-state index contributed by atoms with van der Waals surface area (Å²) in [5.41, 5.74) is -0.339. The van der Waals surface area contributed by atoms with Crippen LogP contribution in [0, 0.1) is 11.3 Å². The lowest BCUT2D eigenvalue weighted by atomic mass is 10.2. The zero-order valence-electron chi connectivity index (χ0n) is 13.9. The fourth-order valence-electron chi connectivity index (χ4n) is 2.23. The molecule has 7 heteroatoms. The molecule has 0 unspecified atom stereocenters. The summed E-state index contributed by atoms with van der Waals surface area (Å²) >= 11 is 0. The number of carbonyl (C=O) groups excluding carboxylic acids is 1. The van der Waals surface area contributed by atoms with Gasteiger partial charge in [-0.05, 0) is 37.3 Å².